The zero-order valence-corrected chi connectivity index (χ0v) is 13.0. The fourth-order valence-electron chi connectivity index (χ4n) is 2.39. The summed E-state index contributed by atoms with van der Waals surface area (Å²) in [7, 11) is 2.25. The molecule has 1 aliphatic heterocycles. The molecule has 0 aliphatic carbocycles. The van der Waals surface area contributed by atoms with Crippen LogP contribution in [0.25, 0.3) is 0 Å². The quantitative estimate of drug-likeness (QED) is 0.914. The summed E-state index contributed by atoms with van der Waals surface area (Å²) in [5.41, 5.74) is 0. The lowest BCUT2D eigenvalue weighted by Gasteiger charge is -2.30. The van der Waals surface area contributed by atoms with Gasteiger partial charge in [0.05, 0.1) is 0 Å². The smallest absolute Gasteiger partial charge is 0.0410 e. The third-order valence-corrected chi connectivity index (χ3v) is 5.53. The van der Waals surface area contributed by atoms with E-state index >= 15 is 0 Å². The van der Waals surface area contributed by atoms with E-state index in [9.17, 15) is 0 Å². The van der Waals surface area contributed by atoms with Crippen molar-refractivity contribution in [3.8, 4) is 0 Å². The van der Waals surface area contributed by atoms with Crippen LogP contribution >= 0.6 is 27.3 Å². The van der Waals surface area contributed by atoms with E-state index in [0.29, 0.717) is 6.04 Å². The highest BCUT2D eigenvalue weighted by atomic mass is 79.9. The first-order valence-corrected chi connectivity index (χ1v) is 7.99. The van der Waals surface area contributed by atoms with Crippen LogP contribution in [0.5, 0.6) is 0 Å². The van der Waals surface area contributed by atoms with Crippen LogP contribution in [0.2, 0.25) is 0 Å². The number of piperidine rings is 1. The molecule has 1 aromatic heterocycles. The lowest BCUT2D eigenvalue weighted by Crippen LogP contribution is -2.35. The molecule has 0 spiro atoms. The van der Waals surface area contributed by atoms with Crippen molar-refractivity contribution in [1.29, 1.82) is 0 Å². The Morgan fingerprint density at radius 2 is 2.24 bits per heavy atom. The molecule has 1 saturated heterocycles. The summed E-state index contributed by atoms with van der Waals surface area (Å²) in [6.07, 6.45) is 2.65. The van der Waals surface area contributed by atoms with Gasteiger partial charge in [-0.15, -0.1) is 11.3 Å². The Morgan fingerprint density at radius 3 is 2.82 bits per heavy atom. The molecule has 0 saturated carbocycles. The van der Waals surface area contributed by atoms with Gasteiger partial charge < -0.3 is 5.32 Å². The average molecular weight is 317 g/mol. The van der Waals surface area contributed by atoms with E-state index in [2.05, 4.69) is 51.6 Å². The Hall–Kier alpha value is 0.1000. The molecule has 2 rings (SSSR count). The van der Waals surface area contributed by atoms with E-state index in [0.717, 1.165) is 5.92 Å². The number of halogens is 1. The lowest BCUT2D eigenvalue weighted by atomic mass is 9.97. The van der Waals surface area contributed by atoms with Crippen LogP contribution in [0.4, 0.5) is 0 Å². The molecule has 1 atom stereocenters. The summed E-state index contributed by atoms with van der Waals surface area (Å²) >= 11 is 5.38. The van der Waals surface area contributed by atoms with Gasteiger partial charge in [-0.3, -0.25) is 4.90 Å². The topological polar surface area (TPSA) is 15.3 Å². The molecule has 1 N–H and O–H groups in total. The second kappa shape index (κ2) is 6.32. The first-order chi connectivity index (χ1) is 8.16. The van der Waals surface area contributed by atoms with E-state index in [1.54, 1.807) is 0 Å². The van der Waals surface area contributed by atoms with Crippen molar-refractivity contribution in [2.75, 3.05) is 26.7 Å². The first kappa shape index (κ1) is 13.5. The fourth-order valence-corrected chi connectivity index (χ4v) is 3.96. The van der Waals surface area contributed by atoms with Crippen LogP contribution in [0.15, 0.2) is 15.9 Å². The van der Waals surface area contributed by atoms with Crippen LogP contribution < -0.4 is 5.32 Å². The largest absolute Gasteiger partial charge is 0.317 e. The van der Waals surface area contributed by atoms with Gasteiger partial charge in [-0.05, 0) is 67.8 Å². The van der Waals surface area contributed by atoms with Crippen molar-refractivity contribution in [2.45, 2.75) is 25.8 Å². The van der Waals surface area contributed by atoms with Gasteiger partial charge in [0.1, 0.15) is 0 Å². The summed E-state index contributed by atoms with van der Waals surface area (Å²) in [4.78, 5) is 3.95. The van der Waals surface area contributed by atoms with Crippen LogP contribution in [-0.4, -0.2) is 31.6 Å². The lowest BCUT2D eigenvalue weighted by molar-refractivity contribution is 0.198. The van der Waals surface area contributed by atoms with Crippen molar-refractivity contribution in [2.24, 2.45) is 5.92 Å². The second-order valence-corrected chi connectivity index (χ2v) is 6.83. The fraction of sp³-hybridized carbons (Fsp3) is 0.692. The zero-order valence-electron chi connectivity index (χ0n) is 10.6. The highest BCUT2D eigenvalue weighted by molar-refractivity contribution is 9.10. The molecular formula is C13H21BrN2S. The second-order valence-electron chi connectivity index (χ2n) is 4.98. The molecule has 17 heavy (non-hydrogen) atoms. The maximum Gasteiger partial charge on any atom is 0.0410 e. The van der Waals surface area contributed by atoms with Crippen LogP contribution in [0.3, 0.4) is 0 Å². The molecule has 0 aromatic carbocycles. The maximum absolute atomic E-state index is 3.53. The van der Waals surface area contributed by atoms with Crippen molar-refractivity contribution >= 4 is 27.3 Å². The van der Waals surface area contributed by atoms with Gasteiger partial charge in [0.15, 0.2) is 0 Å². The van der Waals surface area contributed by atoms with Gasteiger partial charge in [0.25, 0.3) is 0 Å². The van der Waals surface area contributed by atoms with Crippen LogP contribution in [-0.2, 0) is 0 Å². The van der Waals surface area contributed by atoms with Gasteiger partial charge in [0.2, 0.25) is 0 Å². The summed E-state index contributed by atoms with van der Waals surface area (Å²) in [5, 5.41) is 5.60. The SMILES string of the molecule is CC(c1cc(Br)cs1)N(C)CC1CCNCC1. The third-order valence-electron chi connectivity index (χ3n) is 3.67. The van der Waals surface area contributed by atoms with E-state index < -0.39 is 0 Å². The normalized spacial score (nSPS) is 19.8. The Labute approximate surface area is 117 Å². The molecule has 1 aromatic rings. The molecular weight excluding hydrogens is 296 g/mol. The summed E-state index contributed by atoms with van der Waals surface area (Å²) in [5.74, 6) is 0.868. The summed E-state index contributed by atoms with van der Waals surface area (Å²) in [6, 6.07) is 2.77. The molecule has 1 aliphatic rings. The minimum absolute atomic E-state index is 0.529. The molecule has 96 valence electrons. The number of hydrogen-bond donors (Lipinski definition) is 1. The van der Waals surface area contributed by atoms with Crippen LogP contribution in [0, 0.1) is 5.92 Å². The van der Waals surface area contributed by atoms with Crippen molar-refractivity contribution in [1.82, 2.24) is 10.2 Å². The maximum atomic E-state index is 3.53. The van der Waals surface area contributed by atoms with Gasteiger partial charge in [-0.25, -0.2) is 0 Å². The van der Waals surface area contributed by atoms with Crippen molar-refractivity contribution < 1.29 is 0 Å². The summed E-state index contributed by atoms with van der Waals surface area (Å²) in [6.45, 7) is 5.91. The minimum Gasteiger partial charge on any atom is -0.317 e. The molecule has 2 nitrogen and oxygen atoms in total. The van der Waals surface area contributed by atoms with E-state index in [1.165, 1.54) is 41.8 Å². The highest BCUT2D eigenvalue weighted by Crippen LogP contribution is 2.29. The van der Waals surface area contributed by atoms with Gasteiger partial charge in [0, 0.05) is 27.3 Å². The standard InChI is InChI=1S/C13H21BrN2S/c1-10(13-7-12(14)9-17-13)16(2)8-11-3-5-15-6-4-11/h7,9-11,15H,3-6,8H2,1-2H3. The van der Waals surface area contributed by atoms with Gasteiger partial charge >= 0.3 is 0 Å². The van der Waals surface area contributed by atoms with E-state index in [1.807, 2.05) is 11.3 Å². The minimum atomic E-state index is 0.529. The average Bonchev–Trinajstić information content (AvgIpc) is 2.76. The first-order valence-electron chi connectivity index (χ1n) is 6.31. The highest BCUT2D eigenvalue weighted by Gasteiger charge is 2.19. The molecule has 0 bridgehead atoms. The van der Waals surface area contributed by atoms with Gasteiger partial charge in [-0.1, -0.05) is 0 Å². The molecule has 0 amide bonds. The number of thiophene rings is 1. The van der Waals surface area contributed by atoms with Gasteiger partial charge in [-0.2, -0.15) is 0 Å². The Balaban J connectivity index is 1.88. The molecule has 2 heterocycles. The van der Waals surface area contributed by atoms with Crippen molar-refractivity contribution in [3.63, 3.8) is 0 Å². The predicted molar refractivity (Wildman–Crippen MR) is 78.7 cm³/mol. The summed E-state index contributed by atoms with van der Waals surface area (Å²) < 4.78 is 1.21. The third kappa shape index (κ3) is 3.78. The molecule has 4 heteroatoms. The number of nitrogens with zero attached hydrogens (tertiary/aromatic N) is 1. The molecule has 1 fully saturated rings. The zero-order chi connectivity index (χ0) is 12.3. The van der Waals surface area contributed by atoms with Crippen molar-refractivity contribution in [3.05, 3.63) is 20.8 Å². The number of hydrogen-bond acceptors (Lipinski definition) is 3. The predicted octanol–water partition coefficient (Wildman–Crippen LogP) is 3.50. The molecule has 1 unspecified atom stereocenters. The number of nitrogens with one attached hydrogen (secondary N) is 1. The van der Waals surface area contributed by atoms with E-state index in [-0.39, 0.29) is 0 Å². The monoisotopic (exact) mass is 316 g/mol. The number of rotatable bonds is 4. The molecule has 0 radical (unpaired) electrons. The Bertz CT molecular complexity index is 347. The van der Waals surface area contributed by atoms with E-state index in [4.69, 9.17) is 0 Å². The Kier molecular flexibility index (Phi) is 5.03. The van der Waals surface area contributed by atoms with Crippen LogP contribution in [0.1, 0.15) is 30.7 Å². The Morgan fingerprint density at radius 1 is 1.53 bits per heavy atom.